The third-order valence-electron chi connectivity index (χ3n) is 4.44. The highest BCUT2D eigenvalue weighted by Gasteiger charge is 2.29. The van der Waals surface area contributed by atoms with Crippen molar-refractivity contribution in [2.45, 2.75) is 50.8 Å². The molecular formula is C15H25BrN2. The topological polar surface area (TPSA) is 17.8 Å². The molecule has 1 aliphatic rings. The summed E-state index contributed by atoms with van der Waals surface area (Å²) in [5.74, 6) is 2.61. The van der Waals surface area contributed by atoms with Crippen LogP contribution in [0.3, 0.4) is 0 Å². The van der Waals surface area contributed by atoms with Gasteiger partial charge in [-0.2, -0.15) is 5.10 Å². The second kappa shape index (κ2) is 6.23. The molecule has 3 atom stereocenters. The highest BCUT2D eigenvalue weighted by Crippen LogP contribution is 2.39. The molecule has 1 heterocycles. The number of nitrogens with zero attached hydrogens (tertiary/aromatic N) is 2. The van der Waals surface area contributed by atoms with Gasteiger partial charge in [0.05, 0.1) is 6.20 Å². The van der Waals surface area contributed by atoms with Gasteiger partial charge in [0.2, 0.25) is 0 Å². The zero-order valence-electron chi connectivity index (χ0n) is 11.8. The third kappa shape index (κ3) is 3.59. The summed E-state index contributed by atoms with van der Waals surface area (Å²) >= 11 is 3.89. The van der Waals surface area contributed by atoms with E-state index < -0.39 is 0 Å². The molecule has 1 aromatic heterocycles. The van der Waals surface area contributed by atoms with Gasteiger partial charge in [-0.3, -0.25) is 4.68 Å². The fraction of sp³-hybridized carbons (Fsp3) is 0.800. The van der Waals surface area contributed by atoms with Crippen LogP contribution < -0.4 is 0 Å². The molecule has 0 aromatic carbocycles. The summed E-state index contributed by atoms with van der Waals surface area (Å²) in [6.45, 7) is 4.74. The summed E-state index contributed by atoms with van der Waals surface area (Å²) in [7, 11) is 1.99. The van der Waals surface area contributed by atoms with Crippen LogP contribution in [-0.4, -0.2) is 14.6 Å². The van der Waals surface area contributed by atoms with Crippen LogP contribution in [0.5, 0.6) is 0 Å². The quantitative estimate of drug-likeness (QED) is 0.762. The van der Waals surface area contributed by atoms with Crippen molar-refractivity contribution in [1.29, 1.82) is 0 Å². The van der Waals surface area contributed by atoms with E-state index in [4.69, 9.17) is 0 Å². The summed E-state index contributed by atoms with van der Waals surface area (Å²) in [5.41, 5.74) is 1.38. The number of alkyl halides is 1. The Morgan fingerprint density at radius 1 is 1.44 bits per heavy atom. The SMILES string of the molecule is CC(C)C1CCC(Br)C(CCc2cnn(C)c2)C1. The first-order valence-electron chi connectivity index (χ1n) is 7.18. The maximum Gasteiger partial charge on any atom is 0.0521 e. The molecule has 0 bridgehead atoms. The highest BCUT2D eigenvalue weighted by molar-refractivity contribution is 9.09. The molecule has 18 heavy (non-hydrogen) atoms. The van der Waals surface area contributed by atoms with E-state index in [1.165, 1.54) is 37.7 Å². The van der Waals surface area contributed by atoms with Crippen LogP contribution in [0.25, 0.3) is 0 Å². The Labute approximate surface area is 119 Å². The predicted molar refractivity (Wildman–Crippen MR) is 79.9 cm³/mol. The van der Waals surface area contributed by atoms with Gasteiger partial charge in [-0.25, -0.2) is 0 Å². The minimum atomic E-state index is 0.726. The van der Waals surface area contributed by atoms with Gasteiger partial charge >= 0.3 is 0 Å². The molecule has 1 fully saturated rings. The van der Waals surface area contributed by atoms with E-state index in [1.807, 2.05) is 17.9 Å². The van der Waals surface area contributed by atoms with Crippen molar-refractivity contribution in [2.75, 3.05) is 0 Å². The molecule has 0 saturated heterocycles. The lowest BCUT2D eigenvalue weighted by atomic mass is 9.74. The lowest BCUT2D eigenvalue weighted by Gasteiger charge is -2.35. The molecule has 3 unspecified atom stereocenters. The van der Waals surface area contributed by atoms with Crippen molar-refractivity contribution >= 4 is 15.9 Å². The van der Waals surface area contributed by atoms with Crippen molar-refractivity contribution in [1.82, 2.24) is 9.78 Å². The van der Waals surface area contributed by atoms with E-state index >= 15 is 0 Å². The van der Waals surface area contributed by atoms with Crippen molar-refractivity contribution in [2.24, 2.45) is 24.8 Å². The van der Waals surface area contributed by atoms with Gasteiger partial charge < -0.3 is 0 Å². The highest BCUT2D eigenvalue weighted by atomic mass is 79.9. The number of aromatic nitrogens is 2. The minimum Gasteiger partial charge on any atom is -0.276 e. The smallest absolute Gasteiger partial charge is 0.0521 e. The van der Waals surface area contributed by atoms with E-state index in [1.54, 1.807) is 0 Å². The summed E-state index contributed by atoms with van der Waals surface area (Å²) in [5, 5.41) is 4.25. The van der Waals surface area contributed by atoms with Crippen molar-refractivity contribution in [3.8, 4) is 0 Å². The molecule has 1 aromatic rings. The molecule has 0 aliphatic heterocycles. The number of hydrogen-bond acceptors (Lipinski definition) is 1. The zero-order chi connectivity index (χ0) is 13.1. The maximum atomic E-state index is 4.25. The van der Waals surface area contributed by atoms with Crippen molar-refractivity contribution in [3.05, 3.63) is 18.0 Å². The average molecular weight is 313 g/mol. The average Bonchev–Trinajstić information content (AvgIpc) is 2.74. The first-order chi connectivity index (χ1) is 8.56. The van der Waals surface area contributed by atoms with Gasteiger partial charge in [0.25, 0.3) is 0 Å². The first kappa shape index (κ1) is 14.1. The molecule has 2 rings (SSSR count). The van der Waals surface area contributed by atoms with Crippen LogP contribution >= 0.6 is 15.9 Å². The lowest BCUT2D eigenvalue weighted by molar-refractivity contribution is 0.216. The Kier molecular flexibility index (Phi) is 4.88. The van der Waals surface area contributed by atoms with Crippen LogP contribution in [0.1, 0.15) is 45.1 Å². The molecule has 102 valence electrons. The standard InChI is InChI=1S/C15H25BrN2/c1-11(2)13-6-7-15(16)14(8-13)5-4-12-9-17-18(3)10-12/h9-11,13-15H,4-8H2,1-3H3. The van der Waals surface area contributed by atoms with E-state index in [2.05, 4.69) is 41.1 Å². The van der Waals surface area contributed by atoms with Gasteiger partial charge in [-0.05, 0) is 55.4 Å². The van der Waals surface area contributed by atoms with E-state index in [9.17, 15) is 0 Å². The molecular weight excluding hydrogens is 288 g/mol. The van der Waals surface area contributed by atoms with Crippen LogP contribution in [0, 0.1) is 17.8 Å². The fourth-order valence-electron chi connectivity index (χ4n) is 3.12. The van der Waals surface area contributed by atoms with Gasteiger partial charge in [0.1, 0.15) is 0 Å². The van der Waals surface area contributed by atoms with Crippen molar-refractivity contribution < 1.29 is 0 Å². The molecule has 0 radical (unpaired) electrons. The summed E-state index contributed by atoms with van der Waals surface area (Å²) in [6, 6.07) is 0. The van der Waals surface area contributed by atoms with Gasteiger partial charge in [-0.1, -0.05) is 29.8 Å². The molecule has 1 aliphatic carbocycles. The van der Waals surface area contributed by atoms with Gasteiger partial charge in [0.15, 0.2) is 0 Å². The van der Waals surface area contributed by atoms with Crippen LogP contribution in [-0.2, 0) is 13.5 Å². The fourth-order valence-corrected chi connectivity index (χ4v) is 3.87. The van der Waals surface area contributed by atoms with E-state index in [0.717, 1.165) is 22.6 Å². The Balaban J connectivity index is 1.86. The number of halogens is 1. The van der Waals surface area contributed by atoms with E-state index in [0.29, 0.717) is 0 Å². The lowest BCUT2D eigenvalue weighted by Crippen LogP contribution is -2.28. The Morgan fingerprint density at radius 2 is 2.22 bits per heavy atom. The molecule has 0 spiro atoms. The summed E-state index contributed by atoms with van der Waals surface area (Å²) in [4.78, 5) is 0.726. The molecule has 0 amide bonds. The molecule has 3 heteroatoms. The normalized spacial score (nSPS) is 28.8. The van der Waals surface area contributed by atoms with Gasteiger partial charge in [0, 0.05) is 18.1 Å². The maximum absolute atomic E-state index is 4.25. The van der Waals surface area contributed by atoms with Crippen LogP contribution in [0.15, 0.2) is 12.4 Å². The number of rotatable bonds is 4. The van der Waals surface area contributed by atoms with Crippen molar-refractivity contribution in [3.63, 3.8) is 0 Å². The summed E-state index contributed by atoms with van der Waals surface area (Å²) < 4.78 is 1.90. The van der Waals surface area contributed by atoms with Crippen LogP contribution in [0.4, 0.5) is 0 Å². The van der Waals surface area contributed by atoms with E-state index in [-0.39, 0.29) is 0 Å². The third-order valence-corrected chi connectivity index (χ3v) is 5.64. The number of hydrogen-bond donors (Lipinski definition) is 0. The second-order valence-corrected chi connectivity index (χ2v) is 7.33. The number of aryl methyl sites for hydroxylation is 2. The molecule has 1 saturated carbocycles. The second-order valence-electron chi connectivity index (χ2n) is 6.15. The largest absolute Gasteiger partial charge is 0.276 e. The zero-order valence-corrected chi connectivity index (χ0v) is 13.4. The minimum absolute atomic E-state index is 0.726. The monoisotopic (exact) mass is 312 g/mol. The Bertz CT molecular complexity index is 372. The first-order valence-corrected chi connectivity index (χ1v) is 8.09. The molecule has 2 nitrogen and oxygen atoms in total. The predicted octanol–water partition coefficient (Wildman–Crippen LogP) is 4.19. The Hall–Kier alpha value is -0.310. The Morgan fingerprint density at radius 3 is 2.83 bits per heavy atom. The van der Waals surface area contributed by atoms with Crippen LogP contribution in [0.2, 0.25) is 0 Å². The van der Waals surface area contributed by atoms with Gasteiger partial charge in [-0.15, -0.1) is 0 Å². The molecule has 0 N–H and O–H groups in total. The summed E-state index contributed by atoms with van der Waals surface area (Å²) in [6.07, 6.45) is 10.8.